The van der Waals surface area contributed by atoms with E-state index in [4.69, 9.17) is 20.6 Å². The number of allylic oxidation sites excluding steroid dienone is 2. The van der Waals surface area contributed by atoms with Crippen LogP contribution in [0.4, 0.5) is 0 Å². The van der Waals surface area contributed by atoms with Gasteiger partial charge in [0.25, 0.3) is 5.56 Å². The van der Waals surface area contributed by atoms with Crippen molar-refractivity contribution in [3.63, 3.8) is 0 Å². The Balaban J connectivity index is 1.75. The number of carbonyl (C=O) groups excluding carboxylic acids is 3. The Morgan fingerprint density at radius 1 is 1.33 bits per heavy atom. The van der Waals surface area contributed by atoms with Crippen molar-refractivity contribution in [1.29, 1.82) is 0 Å². The molecular weight excluding hydrogens is 506 g/mol. The van der Waals surface area contributed by atoms with Crippen LogP contribution in [0.25, 0.3) is 0 Å². The van der Waals surface area contributed by atoms with Gasteiger partial charge in [-0.15, -0.1) is 0 Å². The van der Waals surface area contributed by atoms with Crippen molar-refractivity contribution < 1.29 is 28.6 Å². The molecule has 39 heavy (non-hydrogen) atoms. The minimum absolute atomic E-state index is 0.0510. The van der Waals surface area contributed by atoms with Crippen LogP contribution < -0.4 is 16.0 Å². The minimum Gasteiger partial charge on any atom is -0.440 e. The normalized spacial score (nSPS) is 19.1. The molecule has 1 saturated carbocycles. The summed E-state index contributed by atoms with van der Waals surface area (Å²) in [5.74, 6) is -2.38. The highest BCUT2D eigenvalue weighted by molar-refractivity contribution is 6.16. The number of nitrogens with one attached hydrogen (secondary N) is 1. The molecular formula is C28H35N3O8. The Labute approximate surface area is 226 Å². The molecule has 0 radical (unpaired) electrons. The summed E-state index contributed by atoms with van der Waals surface area (Å²) in [6.07, 6.45) is 11.0. The number of aromatic nitrogens is 2. The van der Waals surface area contributed by atoms with Gasteiger partial charge in [0, 0.05) is 12.0 Å². The fourth-order valence-corrected chi connectivity index (χ4v) is 4.58. The zero-order valence-corrected chi connectivity index (χ0v) is 22.8. The number of carbonyl (C=O) groups is 3. The average Bonchev–Trinajstić information content (AvgIpc) is 3.58. The molecule has 11 heteroatoms. The highest BCUT2D eigenvalue weighted by Gasteiger charge is 2.38. The maximum absolute atomic E-state index is 13.5. The second-order valence-electron chi connectivity index (χ2n) is 10.3. The summed E-state index contributed by atoms with van der Waals surface area (Å²) in [7, 11) is 0. The first-order valence-electron chi connectivity index (χ1n) is 12.9. The van der Waals surface area contributed by atoms with Gasteiger partial charge in [0.05, 0.1) is 12.0 Å². The fraction of sp³-hybridized carbons (Fsp3) is 0.536. The Bertz CT molecular complexity index is 1330. The molecule has 3 atom stereocenters. The van der Waals surface area contributed by atoms with Gasteiger partial charge in [-0.2, -0.15) is 0 Å². The third-order valence-corrected chi connectivity index (χ3v) is 7.19. The van der Waals surface area contributed by atoms with Crippen LogP contribution in [-0.4, -0.2) is 45.1 Å². The number of hydrogen-bond donors (Lipinski definition) is 1. The highest BCUT2D eigenvalue weighted by Crippen LogP contribution is 2.49. The minimum atomic E-state index is -1.08. The summed E-state index contributed by atoms with van der Waals surface area (Å²) in [4.78, 5) is 66.1. The molecule has 2 heterocycles. The molecule has 0 aromatic carbocycles. The van der Waals surface area contributed by atoms with Crippen LogP contribution in [0, 0.1) is 17.9 Å². The van der Waals surface area contributed by atoms with Crippen molar-refractivity contribution in [1.82, 2.24) is 14.5 Å². The van der Waals surface area contributed by atoms with E-state index in [1.807, 2.05) is 0 Å². The molecule has 3 rings (SSSR count). The lowest BCUT2D eigenvalue weighted by atomic mass is 9.88. The molecule has 0 bridgehead atoms. The molecule has 0 spiro atoms. The van der Waals surface area contributed by atoms with E-state index in [0.29, 0.717) is 11.8 Å². The summed E-state index contributed by atoms with van der Waals surface area (Å²) < 4.78 is 17.1. The molecule has 1 aliphatic carbocycles. The van der Waals surface area contributed by atoms with Gasteiger partial charge in [0.15, 0.2) is 12.5 Å². The summed E-state index contributed by atoms with van der Waals surface area (Å²) in [6, 6.07) is 2.32. The number of terminal acetylenes is 1. The van der Waals surface area contributed by atoms with Crippen molar-refractivity contribution in [3.05, 3.63) is 50.7 Å². The van der Waals surface area contributed by atoms with Gasteiger partial charge in [0.2, 0.25) is 5.88 Å². The maximum atomic E-state index is 13.5. The van der Waals surface area contributed by atoms with E-state index in [-0.39, 0.29) is 29.4 Å². The van der Waals surface area contributed by atoms with Crippen LogP contribution in [0.5, 0.6) is 5.88 Å². The second kappa shape index (κ2) is 12.3. The number of hydrogen-bond acceptors (Lipinski definition) is 9. The predicted octanol–water partition coefficient (Wildman–Crippen LogP) is 2.88. The largest absolute Gasteiger partial charge is 0.440 e. The Morgan fingerprint density at radius 2 is 2.03 bits per heavy atom. The van der Waals surface area contributed by atoms with Gasteiger partial charge < -0.3 is 14.2 Å². The molecule has 1 aromatic heterocycles. The first kappa shape index (κ1) is 29.6. The van der Waals surface area contributed by atoms with Crippen molar-refractivity contribution in [2.24, 2.45) is 5.41 Å². The lowest BCUT2D eigenvalue weighted by molar-refractivity contribution is -0.153. The number of nitrogens with zero attached hydrogens (tertiary/aromatic N) is 2. The maximum Gasteiger partial charge on any atom is 0.343 e. The number of H-pyrrole nitrogens is 1. The SMILES string of the molecule is C#CN(COC(=O)/C(=C/C=C)C(C)=O)C(C)OC(C)n1c(=O)[nH]c2c(c1=O)C(CCCC1(C)CC1)CC(=O)O2. The quantitative estimate of drug-likeness (QED) is 0.0584. The Hall–Kier alpha value is -3.91. The van der Waals surface area contributed by atoms with Crippen LogP contribution in [-0.2, 0) is 23.9 Å². The molecule has 0 saturated heterocycles. The summed E-state index contributed by atoms with van der Waals surface area (Å²) in [6.45, 7) is 9.54. The molecule has 1 fully saturated rings. The highest BCUT2D eigenvalue weighted by atomic mass is 16.6. The standard InChI is InChI=1S/C28H35N3O8/c1-7-10-21(17(3)32)26(35)37-16-30(8-2)18(4)38-19(5)31-25(34)23-20(11-9-12-28(6)13-14-28)15-22(33)39-24(23)29-27(31)36/h2,7,10,18-20H,1,9,11-16H2,3-6H3,(H,29,36)/b21-10+. The van der Waals surface area contributed by atoms with Crippen LogP contribution in [0.3, 0.4) is 0 Å². The van der Waals surface area contributed by atoms with Gasteiger partial charge in [0.1, 0.15) is 18.0 Å². The van der Waals surface area contributed by atoms with E-state index in [2.05, 4.69) is 24.5 Å². The average molecular weight is 542 g/mol. The number of fused-ring (bicyclic) bond motifs is 1. The van der Waals surface area contributed by atoms with Crippen molar-refractivity contribution in [2.75, 3.05) is 6.73 Å². The molecule has 2 aliphatic rings. The number of rotatable bonds is 13. The summed E-state index contributed by atoms with van der Waals surface area (Å²) >= 11 is 0. The smallest absolute Gasteiger partial charge is 0.343 e. The first-order chi connectivity index (χ1) is 18.4. The number of esters is 2. The molecule has 1 N–H and O–H groups in total. The molecule has 1 aromatic rings. The van der Waals surface area contributed by atoms with E-state index in [1.165, 1.54) is 43.7 Å². The summed E-state index contributed by atoms with van der Waals surface area (Å²) in [5.41, 5.74) is -1.03. The number of ether oxygens (including phenoxy) is 3. The topological polar surface area (TPSA) is 137 Å². The molecule has 1 aliphatic heterocycles. The van der Waals surface area contributed by atoms with Gasteiger partial charge >= 0.3 is 17.6 Å². The van der Waals surface area contributed by atoms with E-state index >= 15 is 0 Å². The molecule has 0 amide bonds. The number of Topliss-reactive ketones (excluding diaryl/α,β-unsaturated/α-hetero) is 1. The van der Waals surface area contributed by atoms with Gasteiger partial charge in [-0.1, -0.05) is 32.4 Å². The second-order valence-corrected chi connectivity index (χ2v) is 10.3. The van der Waals surface area contributed by atoms with Crippen molar-refractivity contribution >= 4 is 17.7 Å². The zero-order chi connectivity index (χ0) is 28.9. The monoisotopic (exact) mass is 541 g/mol. The van der Waals surface area contributed by atoms with Crippen molar-refractivity contribution in [3.8, 4) is 18.3 Å². The lowest BCUT2D eigenvalue weighted by Crippen LogP contribution is -2.45. The first-order valence-corrected chi connectivity index (χ1v) is 12.9. The van der Waals surface area contributed by atoms with E-state index in [1.54, 1.807) is 6.92 Å². The molecule has 11 nitrogen and oxygen atoms in total. The molecule has 210 valence electrons. The van der Waals surface area contributed by atoms with E-state index in [9.17, 15) is 24.0 Å². The zero-order valence-electron chi connectivity index (χ0n) is 22.8. The predicted molar refractivity (Wildman–Crippen MR) is 141 cm³/mol. The lowest BCUT2D eigenvalue weighted by Gasteiger charge is -2.29. The third kappa shape index (κ3) is 7.15. The number of aromatic amines is 1. The van der Waals surface area contributed by atoms with Crippen LogP contribution in [0.1, 0.15) is 83.9 Å². The summed E-state index contributed by atoms with van der Waals surface area (Å²) in [5, 5.41) is 0. The Kier molecular flexibility index (Phi) is 9.35. The Morgan fingerprint density at radius 3 is 2.62 bits per heavy atom. The van der Waals surface area contributed by atoms with Crippen LogP contribution in [0.15, 0.2) is 33.9 Å². The number of ketones is 1. The van der Waals surface area contributed by atoms with Gasteiger partial charge in [-0.05, 0) is 57.9 Å². The van der Waals surface area contributed by atoms with Crippen LogP contribution in [0.2, 0.25) is 0 Å². The van der Waals surface area contributed by atoms with Gasteiger partial charge in [-0.25, -0.2) is 14.2 Å². The van der Waals surface area contributed by atoms with E-state index in [0.717, 1.165) is 17.4 Å². The van der Waals surface area contributed by atoms with Crippen molar-refractivity contribution in [2.45, 2.75) is 84.6 Å². The van der Waals surface area contributed by atoms with E-state index < -0.39 is 48.2 Å². The molecule has 3 unspecified atom stereocenters. The van der Waals surface area contributed by atoms with Gasteiger partial charge in [-0.3, -0.25) is 24.3 Å². The van der Waals surface area contributed by atoms with Crippen LogP contribution >= 0.6 is 0 Å². The third-order valence-electron chi connectivity index (χ3n) is 7.19. The fourth-order valence-electron chi connectivity index (χ4n) is 4.58.